The molecule has 0 aromatic carbocycles. The van der Waals surface area contributed by atoms with Gasteiger partial charge in [-0.15, -0.1) is 0 Å². The van der Waals surface area contributed by atoms with Gasteiger partial charge >= 0.3 is 5.97 Å². The van der Waals surface area contributed by atoms with Crippen LogP contribution < -0.4 is 0 Å². The number of esters is 1. The maximum Gasteiger partial charge on any atom is 0.340 e. The van der Waals surface area contributed by atoms with E-state index in [1.807, 2.05) is 0 Å². The maximum absolute atomic E-state index is 11.8. The molecule has 0 fully saturated rings. The fraction of sp³-hybridized carbons (Fsp3) is 0.773. The average molecular weight is 367 g/mol. The highest BCUT2D eigenvalue weighted by atomic mass is 16.7. The summed E-state index contributed by atoms with van der Waals surface area (Å²) in [6.07, 6.45) is 19.9. The van der Waals surface area contributed by atoms with Gasteiger partial charge in [0.2, 0.25) is 0 Å². The Labute approximate surface area is 159 Å². The molecule has 1 unspecified atom stereocenters. The van der Waals surface area contributed by atoms with Crippen LogP contribution in [0.4, 0.5) is 0 Å². The molecule has 0 radical (unpaired) electrons. The highest BCUT2D eigenvalue weighted by molar-refractivity contribution is 5.92. The average Bonchev–Trinajstić information content (AvgIpc) is 2.85. The minimum absolute atomic E-state index is 0.0670. The van der Waals surface area contributed by atoms with Gasteiger partial charge in [0.15, 0.2) is 5.76 Å². The van der Waals surface area contributed by atoms with Gasteiger partial charge in [-0.2, -0.15) is 0 Å². The van der Waals surface area contributed by atoms with Crippen LogP contribution >= 0.6 is 0 Å². The first kappa shape index (κ1) is 22.8. The minimum Gasteiger partial charge on any atom is -0.506 e. The van der Waals surface area contributed by atoms with E-state index in [4.69, 9.17) is 9.47 Å². The maximum atomic E-state index is 11.8. The normalized spacial score (nSPS) is 20.3. The van der Waals surface area contributed by atoms with Crippen LogP contribution in [0.25, 0.3) is 0 Å². The molecule has 4 nitrogen and oxygen atoms in total. The van der Waals surface area contributed by atoms with Crippen LogP contribution in [0.2, 0.25) is 0 Å². The Kier molecular flexibility index (Phi) is 11.3. The molecule has 1 N–H and O–H groups in total. The summed E-state index contributed by atoms with van der Waals surface area (Å²) in [7, 11) is 1.42. The molecule has 150 valence electrons. The van der Waals surface area contributed by atoms with Gasteiger partial charge in [0.1, 0.15) is 0 Å². The zero-order valence-electron chi connectivity index (χ0n) is 17.0. The summed E-state index contributed by atoms with van der Waals surface area (Å²) < 4.78 is 10.2. The molecule has 1 rings (SSSR count). The Hall–Kier alpha value is -1.29. The molecule has 1 aliphatic heterocycles. The highest BCUT2D eigenvalue weighted by Crippen LogP contribution is 2.33. The second kappa shape index (κ2) is 13.0. The molecule has 0 aliphatic carbocycles. The summed E-state index contributed by atoms with van der Waals surface area (Å²) in [6.45, 7) is 3.81. The number of hydrogen-bond donors (Lipinski definition) is 1. The van der Waals surface area contributed by atoms with Crippen LogP contribution in [0.3, 0.4) is 0 Å². The van der Waals surface area contributed by atoms with Crippen LogP contribution in [0, 0.1) is 0 Å². The SMILES string of the molecule is CCCCCCCC/C=C\CCCCCCC1=C(O)C(C)(OC)OC1=O. The van der Waals surface area contributed by atoms with Crippen LogP contribution in [0.15, 0.2) is 23.5 Å². The molecular weight excluding hydrogens is 328 g/mol. The van der Waals surface area contributed by atoms with Crippen molar-refractivity contribution in [3.05, 3.63) is 23.5 Å². The fourth-order valence-electron chi connectivity index (χ4n) is 3.21. The molecule has 0 saturated carbocycles. The summed E-state index contributed by atoms with van der Waals surface area (Å²) in [5.41, 5.74) is 0.369. The summed E-state index contributed by atoms with van der Waals surface area (Å²) in [5, 5.41) is 10.1. The van der Waals surface area contributed by atoms with Gasteiger partial charge in [0, 0.05) is 14.0 Å². The largest absolute Gasteiger partial charge is 0.506 e. The van der Waals surface area contributed by atoms with Crippen LogP contribution in [0.1, 0.15) is 97.3 Å². The number of rotatable bonds is 15. The number of carbonyl (C=O) groups excluding carboxylic acids is 1. The molecule has 0 spiro atoms. The van der Waals surface area contributed by atoms with Crippen molar-refractivity contribution in [3.63, 3.8) is 0 Å². The van der Waals surface area contributed by atoms with E-state index >= 15 is 0 Å². The van der Waals surface area contributed by atoms with Crippen LogP contribution in [-0.2, 0) is 14.3 Å². The number of hydrogen-bond acceptors (Lipinski definition) is 4. The van der Waals surface area contributed by atoms with Crippen molar-refractivity contribution in [2.24, 2.45) is 0 Å². The van der Waals surface area contributed by atoms with Crippen molar-refractivity contribution in [1.82, 2.24) is 0 Å². The summed E-state index contributed by atoms with van der Waals surface area (Å²) in [6, 6.07) is 0. The molecule has 0 aromatic heterocycles. The molecule has 0 saturated heterocycles. The number of aliphatic hydroxyl groups is 1. The number of carbonyl (C=O) groups is 1. The van der Waals surface area contributed by atoms with E-state index in [0.29, 0.717) is 12.0 Å². The third-order valence-electron chi connectivity index (χ3n) is 5.08. The summed E-state index contributed by atoms with van der Waals surface area (Å²) >= 11 is 0. The predicted octanol–water partition coefficient (Wildman–Crippen LogP) is 6.37. The first-order valence-corrected chi connectivity index (χ1v) is 10.4. The summed E-state index contributed by atoms with van der Waals surface area (Å²) in [5.74, 6) is -1.82. The molecular formula is C22H38O4. The van der Waals surface area contributed by atoms with E-state index in [9.17, 15) is 9.90 Å². The summed E-state index contributed by atoms with van der Waals surface area (Å²) in [4.78, 5) is 11.8. The van der Waals surface area contributed by atoms with Gasteiger partial charge in [-0.25, -0.2) is 4.79 Å². The Morgan fingerprint density at radius 2 is 1.50 bits per heavy atom. The molecule has 0 amide bonds. The van der Waals surface area contributed by atoms with Gasteiger partial charge in [0.05, 0.1) is 5.57 Å². The quantitative estimate of drug-likeness (QED) is 0.208. The first-order chi connectivity index (χ1) is 12.5. The topological polar surface area (TPSA) is 55.8 Å². The van der Waals surface area contributed by atoms with Gasteiger partial charge in [0.25, 0.3) is 5.79 Å². The number of unbranched alkanes of at least 4 members (excludes halogenated alkanes) is 10. The Balaban J connectivity index is 2.01. The Bertz CT molecular complexity index is 467. The van der Waals surface area contributed by atoms with Gasteiger partial charge in [-0.05, 0) is 38.5 Å². The van der Waals surface area contributed by atoms with E-state index in [1.54, 1.807) is 6.92 Å². The second-order valence-corrected chi connectivity index (χ2v) is 7.35. The lowest BCUT2D eigenvalue weighted by molar-refractivity contribution is -0.193. The van der Waals surface area contributed by atoms with E-state index in [2.05, 4.69) is 19.1 Å². The molecule has 26 heavy (non-hydrogen) atoms. The van der Waals surface area contributed by atoms with Crippen LogP contribution in [0.5, 0.6) is 0 Å². The van der Waals surface area contributed by atoms with E-state index in [1.165, 1.54) is 58.5 Å². The van der Waals surface area contributed by atoms with Crippen LogP contribution in [-0.4, -0.2) is 24.0 Å². The molecule has 1 atom stereocenters. The molecule has 1 heterocycles. The number of methoxy groups -OCH3 is 1. The van der Waals surface area contributed by atoms with E-state index in [0.717, 1.165) is 25.7 Å². The van der Waals surface area contributed by atoms with Crippen molar-refractivity contribution >= 4 is 5.97 Å². The number of cyclic esters (lactones) is 1. The first-order valence-electron chi connectivity index (χ1n) is 10.4. The fourth-order valence-corrected chi connectivity index (χ4v) is 3.21. The van der Waals surface area contributed by atoms with Crippen molar-refractivity contribution in [1.29, 1.82) is 0 Å². The number of ether oxygens (including phenoxy) is 2. The third-order valence-corrected chi connectivity index (χ3v) is 5.08. The smallest absolute Gasteiger partial charge is 0.340 e. The predicted molar refractivity (Wildman–Crippen MR) is 106 cm³/mol. The van der Waals surface area contributed by atoms with Gasteiger partial charge < -0.3 is 14.6 Å². The van der Waals surface area contributed by atoms with E-state index in [-0.39, 0.29) is 5.76 Å². The van der Waals surface area contributed by atoms with Crippen molar-refractivity contribution in [2.45, 2.75) is 103 Å². The number of aliphatic hydroxyl groups excluding tert-OH is 1. The lowest BCUT2D eigenvalue weighted by Crippen LogP contribution is -2.30. The monoisotopic (exact) mass is 366 g/mol. The second-order valence-electron chi connectivity index (χ2n) is 7.35. The zero-order valence-corrected chi connectivity index (χ0v) is 17.0. The van der Waals surface area contributed by atoms with Gasteiger partial charge in [-0.3, -0.25) is 0 Å². The third kappa shape index (κ3) is 7.94. The Morgan fingerprint density at radius 3 is 2.04 bits per heavy atom. The molecule has 1 aliphatic rings. The lowest BCUT2D eigenvalue weighted by Gasteiger charge is -2.20. The highest BCUT2D eigenvalue weighted by Gasteiger charge is 2.44. The van der Waals surface area contributed by atoms with E-state index < -0.39 is 11.8 Å². The molecule has 4 heteroatoms. The standard InChI is InChI=1S/C22H38O4/c1-4-5-6-7-8-9-10-11-12-13-14-15-16-17-18-19-20(23)22(2,25-3)26-21(19)24/h11-12,23H,4-10,13-18H2,1-3H3/b12-11-. The molecule has 0 bridgehead atoms. The number of allylic oxidation sites excluding steroid dienone is 2. The van der Waals surface area contributed by atoms with Crippen molar-refractivity contribution in [3.8, 4) is 0 Å². The van der Waals surface area contributed by atoms with Crippen molar-refractivity contribution in [2.75, 3.05) is 7.11 Å². The minimum atomic E-state index is -1.30. The zero-order chi connectivity index (χ0) is 19.3. The van der Waals surface area contributed by atoms with Gasteiger partial charge in [-0.1, -0.05) is 64.0 Å². The Morgan fingerprint density at radius 1 is 0.962 bits per heavy atom. The van der Waals surface area contributed by atoms with Crippen molar-refractivity contribution < 1.29 is 19.4 Å². The molecule has 0 aromatic rings. The lowest BCUT2D eigenvalue weighted by atomic mass is 10.0.